The van der Waals surface area contributed by atoms with Gasteiger partial charge in [0.15, 0.2) is 11.5 Å². The molecule has 19 heavy (non-hydrogen) atoms. The molecule has 2 aliphatic rings. The smallest absolute Gasteiger partial charge is 0.231 e. The summed E-state index contributed by atoms with van der Waals surface area (Å²) in [5.74, 6) is 2.26. The predicted molar refractivity (Wildman–Crippen MR) is 73.9 cm³/mol. The molecule has 1 atom stereocenters. The highest BCUT2D eigenvalue weighted by molar-refractivity contribution is 7.85. The molecule has 0 radical (unpaired) electrons. The van der Waals surface area contributed by atoms with Crippen LogP contribution in [0.3, 0.4) is 0 Å². The van der Waals surface area contributed by atoms with Crippen LogP contribution >= 0.6 is 0 Å². The van der Waals surface area contributed by atoms with Gasteiger partial charge in [-0.05, 0) is 24.3 Å². The average molecular weight is 275 g/mol. The van der Waals surface area contributed by atoms with Crippen molar-refractivity contribution in [2.24, 2.45) is 0 Å². The molecule has 98 valence electrons. The van der Waals surface area contributed by atoms with E-state index >= 15 is 0 Å². The summed E-state index contributed by atoms with van der Waals surface area (Å²) in [6.07, 6.45) is 0. The monoisotopic (exact) mass is 275 g/mol. The van der Waals surface area contributed by atoms with Crippen LogP contribution in [0.1, 0.15) is 0 Å². The van der Waals surface area contributed by atoms with Gasteiger partial charge >= 0.3 is 0 Å². The molecule has 0 fully saturated rings. The Kier molecular flexibility index (Phi) is 3.37. The van der Waals surface area contributed by atoms with Crippen molar-refractivity contribution >= 4 is 16.5 Å². The van der Waals surface area contributed by atoms with Crippen molar-refractivity contribution in [3.8, 4) is 11.5 Å². The molecule has 4 rings (SSSR count). The molecule has 2 aromatic carbocycles. The number of ether oxygens (including phenoxy) is 2. The van der Waals surface area contributed by atoms with E-state index < -0.39 is 10.8 Å². The maximum absolute atomic E-state index is 11.1. The van der Waals surface area contributed by atoms with Crippen molar-refractivity contribution in [1.29, 1.82) is 0 Å². The van der Waals surface area contributed by atoms with Crippen molar-refractivity contribution in [3.63, 3.8) is 0 Å². The zero-order chi connectivity index (χ0) is 13.1. The van der Waals surface area contributed by atoms with Gasteiger partial charge in [-0.1, -0.05) is 24.3 Å². The lowest BCUT2D eigenvalue weighted by molar-refractivity contribution is 0.174. The number of hydrogen-bond acceptors (Lipinski definition) is 4. The quantitative estimate of drug-likeness (QED) is 0.803. The molecule has 1 unspecified atom stereocenters. The third-order valence-electron chi connectivity index (χ3n) is 2.80. The summed E-state index contributed by atoms with van der Waals surface area (Å²) in [6.45, 7) is 0.360. The van der Waals surface area contributed by atoms with Gasteiger partial charge in [0.2, 0.25) is 6.79 Å². The lowest BCUT2D eigenvalue weighted by Crippen LogP contribution is -1.94. The number of benzene rings is 2. The van der Waals surface area contributed by atoms with Gasteiger partial charge in [-0.15, -0.1) is 0 Å². The van der Waals surface area contributed by atoms with Gasteiger partial charge in [-0.2, -0.15) is 0 Å². The lowest BCUT2D eigenvalue weighted by Gasteiger charge is -1.92. The topological polar surface area (TPSA) is 47.6 Å². The third kappa shape index (κ3) is 2.56. The van der Waals surface area contributed by atoms with Crippen LogP contribution < -0.4 is 14.8 Å². The molecule has 4 nitrogen and oxygen atoms in total. The van der Waals surface area contributed by atoms with E-state index in [1.54, 1.807) is 0 Å². The second-order valence-electron chi connectivity index (χ2n) is 4.02. The van der Waals surface area contributed by atoms with E-state index in [9.17, 15) is 4.21 Å². The van der Waals surface area contributed by atoms with Crippen LogP contribution in [0.5, 0.6) is 11.5 Å². The minimum absolute atomic E-state index is 0.360. The van der Waals surface area contributed by atoms with Crippen LogP contribution in [0, 0.1) is 0 Å². The molecule has 0 saturated heterocycles. The van der Waals surface area contributed by atoms with Gasteiger partial charge in [0.05, 0.1) is 27.3 Å². The first-order valence-electron chi connectivity index (χ1n) is 5.90. The molecule has 0 saturated carbocycles. The Hall–Kier alpha value is -2.01. The van der Waals surface area contributed by atoms with Crippen LogP contribution in [0.4, 0.5) is 5.69 Å². The maximum Gasteiger partial charge on any atom is 0.231 e. The Morgan fingerprint density at radius 3 is 2.26 bits per heavy atom. The van der Waals surface area contributed by atoms with E-state index in [2.05, 4.69) is 5.32 Å². The molecule has 0 aromatic heterocycles. The van der Waals surface area contributed by atoms with Crippen molar-refractivity contribution in [3.05, 3.63) is 48.5 Å². The summed E-state index contributed by atoms with van der Waals surface area (Å²) in [7, 11) is -0.809. The number of anilines is 1. The highest BCUT2D eigenvalue weighted by atomic mass is 32.2. The summed E-state index contributed by atoms with van der Waals surface area (Å²) >= 11 is 0. The zero-order valence-electron chi connectivity index (χ0n) is 10.2. The molecule has 2 aliphatic heterocycles. The summed E-state index contributed by atoms with van der Waals surface area (Å²) in [4.78, 5) is 0.933. The zero-order valence-corrected chi connectivity index (χ0v) is 11.0. The first kappa shape index (κ1) is 12.0. The Morgan fingerprint density at radius 2 is 1.58 bits per heavy atom. The minimum Gasteiger partial charge on any atom is -0.454 e. The fraction of sp³-hybridized carbons (Fsp3) is 0.143. The molecule has 1 N–H and O–H groups in total. The summed E-state index contributed by atoms with van der Waals surface area (Å²) < 4.78 is 21.3. The number of para-hydroxylation sites is 3. The van der Waals surface area contributed by atoms with Gasteiger partial charge in [-0.3, -0.25) is 4.21 Å². The molecule has 0 aliphatic carbocycles. The van der Waals surface area contributed by atoms with Crippen LogP contribution in [0.2, 0.25) is 0 Å². The van der Waals surface area contributed by atoms with Crippen LogP contribution in [0.15, 0.2) is 53.4 Å². The molecule has 5 heteroatoms. The molecular formula is C14H13NO3S. The van der Waals surface area contributed by atoms with Crippen molar-refractivity contribution in [2.45, 2.75) is 4.90 Å². The van der Waals surface area contributed by atoms with Crippen molar-refractivity contribution in [1.82, 2.24) is 0 Å². The molecule has 0 spiro atoms. The SMILES string of the molecule is O=S1CNc2ccccc21.c1ccc2c(c1)OCO2. The van der Waals surface area contributed by atoms with Crippen molar-refractivity contribution in [2.75, 3.05) is 18.0 Å². The van der Waals surface area contributed by atoms with Crippen molar-refractivity contribution < 1.29 is 13.7 Å². The summed E-state index contributed by atoms with van der Waals surface area (Å²) in [5, 5.41) is 3.05. The van der Waals surface area contributed by atoms with E-state index in [-0.39, 0.29) is 0 Å². The fourth-order valence-corrected chi connectivity index (χ4v) is 2.94. The number of hydrogen-bond donors (Lipinski definition) is 1. The predicted octanol–water partition coefficient (Wildman–Crippen LogP) is 2.59. The second-order valence-corrected chi connectivity index (χ2v) is 5.44. The van der Waals surface area contributed by atoms with E-state index in [0.29, 0.717) is 12.7 Å². The highest BCUT2D eigenvalue weighted by Gasteiger charge is 2.15. The molecular weight excluding hydrogens is 262 g/mol. The summed E-state index contributed by atoms with van der Waals surface area (Å²) in [6, 6.07) is 15.3. The number of nitrogens with one attached hydrogen (secondary N) is 1. The van der Waals surface area contributed by atoms with E-state index in [0.717, 1.165) is 22.1 Å². The van der Waals surface area contributed by atoms with E-state index in [1.165, 1.54) is 0 Å². The second kappa shape index (κ2) is 5.32. The Labute approximate surface area is 113 Å². The average Bonchev–Trinajstić information content (AvgIpc) is 3.07. The third-order valence-corrected chi connectivity index (χ3v) is 4.06. The highest BCUT2D eigenvalue weighted by Crippen LogP contribution is 2.30. The lowest BCUT2D eigenvalue weighted by atomic mass is 10.3. The first-order valence-corrected chi connectivity index (χ1v) is 7.22. The van der Waals surface area contributed by atoms with Gasteiger partial charge < -0.3 is 14.8 Å². The summed E-state index contributed by atoms with van der Waals surface area (Å²) in [5.41, 5.74) is 1.01. The maximum atomic E-state index is 11.1. The van der Waals surface area contributed by atoms with Gasteiger partial charge in [0, 0.05) is 0 Å². The van der Waals surface area contributed by atoms with Gasteiger partial charge in [0.1, 0.15) is 0 Å². The Bertz CT molecular complexity index is 592. The molecule has 2 heterocycles. The largest absolute Gasteiger partial charge is 0.454 e. The van der Waals surface area contributed by atoms with E-state index in [4.69, 9.17) is 9.47 Å². The molecule has 0 amide bonds. The number of fused-ring (bicyclic) bond motifs is 2. The number of rotatable bonds is 0. The first-order chi connectivity index (χ1) is 9.34. The standard InChI is InChI=1S/C7H7NOS.C7H6O2/c9-10-5-8-6-3-1-2-4-7(6)10;1-2-4-7-6(3-1)8-5-9-7/h1-4,8H,5H2;1-4H,5H2. The van der Waals surface area contributed by atoms with E-state index in [1.807, 2.05) is 48.5 Å². The normalized spacial score (nSPS) is 18.0. The van der Waals surface area contributed by atoms with Crippen LogP contribution in [-0.4, -0.2) is 16.9 Å². The van der Waals surface area contributed by atoms with Gasteiger partial charge in [0.25, 0.3) is 0 Å². The Morgan fingerprint density at radius 1 is 0.947 bits per heavy atom. The van der Waals surface area contributed by atoms with Crippen LogP contribution in [-0.2, 0) is 10.8 Å². The Balaban J connectivity index is 0.000000117. The van der Waals surface area contributed by atoms with Gasteiger partial charge in [-0.25, -0.2) is 0 Å². The van der Waals surface area contributed by atoms with Crippen LogP contribution in [0.25, 0.3) is 0 Å². The molecule has 0 bridgehead atoms. The minimum atomic E-state index is -0.809. The molecule has 2 aromatic rings. The fourth-order valence-electron chi connectivity index (χ4n) is 1.88.